The highest BCUT2D eigenvalue weighted by molar-refractivity contribution is 5.72. The highest BCUT2D eigenvalue weighted by atomic mass is 16.5. The van der Waals surface area contributed by atoms with Crippen molar-refractivity contribution in [2.24, 2.45) is 0 Å². The van der Waals surface area contributed by atoms with Gasteiger partial charge in [0.2, 0.25) is 0 Å². The van der Waals surface area contributed by atoms with Crippen molar-refractivity contribution >= 4 is 12.2 Å². The summed E-state index contributed by atoms with van der Waals surface area (Å²) in [6.45, 7) is 1.95. The van der Waals surface area contributed by atoms with Crippen LogP contribution in [0.15, 0.2) is 65.2 Å². The average molecular weight is 321 g/mol. The number of hydrogen-bond acceptors (Lipinski definition) is 4. The van der Waals surface area contributed by atoms with Gasteiger partial charge in [-0.25, -0.2) is 0 Å². The van der Waals surface area contributed by atoms with E-state index in [0.717, 1.165) is 22.6 Å². The second kappa shape index (κ2) is 7.62. The van der Waals surface area contributed by atoms with Gasteiger partial charge in [0.05, 0.1) is 6.10 Å². The normalized spacial score (nSPS) is 12.4. The van der Waals surface area contributed by atoms with E-state index < -0.39 is 6.10 Å². The minimum atomic E-state index is -0.509. The van der Waals surface area contributed by atoms with Gasteiger partial charge in [0, 0.05) is 17.2 Å². The van der Waals surface area contributed by atoms with E-state index in [4.69, 9.17) is 9.26 Å². The Bertz CT molecular complexity index is 807. The van der Waals surface area contributed by atoms with Crippen molar-refractivity contribution in [2.45, 2.75) is 13.0 Å². The van der Waals surface area contributed by atoms with Gasteiger partial charge in [0.25, 0.3) is 0 Å². The van der Waals surface area contributed by atoms with Gasteiger partial charge in [-0.1, -0.05) is 53.7 Å². The Hall–Kier alpha value is -2.85. The molecule has 0 aliphatic rings. The summed E-state index contributed by atoms with van der Waals surface area (Å²) >= 11 is 0. The molecule has 122 valence electrons. The highest BCUT2D eigenvalue weighted by Gasteiger charge is 2.05. The highest BCUT2D eigenvalue weighted by Crippen LogP contribution is 2.23. The van der Waals surface area contributed by atoms with Gasteiger partial charge in [-0.3, -0.25) is 0 Å². The Morgan fingerprint density at radius 1 is 1.08 bits per heavy atom. The molecule has 1 aromatic heterocycles. The van der Waals surface area contributed by atoms with Crippen LogP contribution >= 0.6 is 0 Å². The minimum Gasteiger partial charge on any atom is -0.490 e. The molecule has 4 nitrogen and oxygen atoms in total. The van der Waals surface area contributed by atoms with Crippen molar-refractivity contribution < 1.29 is 14.4 Å². The Kier molecular flexibility index (Phi) is 5.08. The first kappa shape index (κ1) is 16.0. The van der Waals surface area contributed by atoms with E-state index in [0.29, 0.717) is 5.76 Å². The Morgan fingerprint density at radius 3 is 2.62 bits per heavy atom. The van der Waals surface area contributed by atoms with Crippen LogP contribution in [0.2, 0.25) is 0 Å². The molecule has 0 amide bonds. The smallest absolute Gasteiger partial charge is 0.160 e. The number of ether oxygens (including phenoxy) is 1. The summed E-state index contributed by atoms with van der Waals surface area (Å²) in [7, 11) is 0. The van der Waals surface area contributed by atoms with Crippen molar-refractivity contribution in [3.63, 3.8) is 0 Å². The zero-order valence-electron chi connectivity index (χ0n) is 13.4. The number of aromatic nitrogens is 1. The zero-order chi connectivity index (χ0) is 16.8. The average Bonchev–Trinajstić information content (AvgIpc) is 3.08. The fraction of sp³-hybridized carbons (Fsp3) is 0.150. The summed E-state index contributed by atoms with van der Waals surface area (Å²) in [6.07, 6.45) is 3.25. The topological polar surface area (TPSA) is 55.5 Å². The maximum atomic E-state index is 9.36. The van der Waals surface area contributed by atoms with Crippen LogP contribution in [0.25, 0.3) is 23.4 Å². The van der Waals surface area contributed by atoms with Crippen molar-refractivity contribution in [3.8, 4) is 17.0 Å². The van der Waals surface area contributed by atoms with Crippen LogP contribution in [0.4, 0.5) is 0 Å². The molecule has 1 N–H and O–H groups in total. The van der Waals surface area contributed by atoms with Gasteiger partial charge in [-0.2, -0.15) is 0 Å². The molecule has 0 spiro atoms. The molecule has 0 aliphatic heterocycles. The third kappa shape index (κ3) is 4.12. The molecule has 2 aromatic carbocycles. The largest absolute Gasteiger partial charge is 0.490 e. The van der Waals surface area contributed by atoms with E-state index in [9.17, 15) is 5.11 Å². The molecule has 1 atom stereocenters. The molecule has 4 heteroatoms. The summed E-state index contributed by atoms with van der Waals surface area (Å²) in [5.41, 5.74) is 2.73. The summed E-state index contributed by atoms with van der Waals surface area (Å²) in [4.78, 5) is 0. The van der Waals surface area contributed by atoms with Gasteiger partial charge < -0.3 is 14.4 Å². The number of nitrogens with zero attached hydrogens (tertiary/aromatic N) is 1. The second-order valence-electron chi connectivity index (χ2n) is 5.51. The fourth-order valence-electron chi connectivity index (χ4n) is 2.24. The molecule has 0 fully saturated rings. The standard InChI is InChI=1S/C20H19NO3/c1-15(22)14-23-20-10-6-5-9-17(20)11-12-18-13-19(21-24-18)16-7-3-2-4-8-16/h2-13,15,22H,14H2,1H3. The van der Waals surface area contributed by atoms with Crippen molar-refractivity contribution in [2.75, 3.05) is 6.61 Å². The Balaban J connectivity index is 1.76. The molecule has 0 bridgehead atoms. The Labute approximate surface area is 141 Å². The van der Waals surface area contributed by atoms with Gasteiger partial charge in [0.1, 0.15) is 18.1 Å². The fourth-order valence-corrected chi connectivity index (χ4v) is 2.24. The lowest BCUT2D eigenvalue weighted by molar-refractivity contribution is 0.122. The van der Waals surface area contributed by atoms with E-state index in [2.05, 4.69) is 5.16 Å². The first-order valence-electron chi connectivity index (χ1n) is 7.82. The molecule has 0 radical (unpaired) electrons. The minimum absolute atomic E-state index is 0.255. The van der Waals surface area contributed by atoms with Crippen molar-refractivity contribution in [3.05, 3.63) is 72.0 Å². The summed E-state index contributed by atoms with van der Waals surface area (Å²) < 4.78 is 11.0. The van der Waals surface area contributed by atoms with E-state index in [-0.39, 0.29) is 6.61 Å². The van der Waals surface area contributed by atoms with Crippen molar-refractivity contribution in [1.29, 1.82) is 0 Å². The lowest BCUT2D eigenvalue weighted by atomic mass is 10.1. The number of para-hydroxylation sites is 1. The number of rotatable bonds is 6. The lowest BCUT2D eigenvalue weighted by Gasteiger charge is -2.10. The van der Waals surface area contributed by atoms with E-state index in [1.54, 1.807) is 6.92 Å². The molecule has 0 saturated heterocycles. The van der Waals surface area contributed by atoms with Crippen LogP contribution in [0, 0.1) is 0 Å². The monoisotopic (exact) mass is 321 g/mol. The Morgan fingerprint density at radius 2 is 1.83 bits per heavy atom. The third-order valence-corrected chi connectivity index (χ3v) is 3.42. The second-order valence-corrected chi connectivity index (χ2v) is 5.51. The predicted octanol–water partition coefficient (Wildman–Crippen LogP) is 4.27. The molecule has 1 heterocycles. The van der Waals surface area contributed by atoms with Crippen LogP contribution in [0.1, 0.15) is 18.2 Å². The molecule has 0 saturated carbocycles. The van der Waals surface area contributed by atoms with Gasteiger partial charge >= 0.3 is 0 Å². The number of aliphatic hydroxyl groups excluding tert-OH is 1. The number of benzene rings is 2. The summed E-state index contributed by atoms with van der Waals surface area (Å²) in [5, 5.41) is 13.4. The van der Waals surface area contributed by atoms with Crippen LogP contribution in [0.5, 0.6) is 5.75 Å². The van der Waals surface area contributed by atoms with Gasteiger partial charge in [-0.05, 0) is 25.1 Å². The number of hydrogen-bond donors (Lipinski definition) is 1. The molecular weight excluding hydrogens is 302 g/mol. The van der Waals surface area contributed by atoms with E-state index in [1.807, 2.05) is 72.8 Å². The zero-order valence-corrected chi connectivity index (χ0v) is 13.4. The maximum absolute atomic E-state index is 9.36. The van der Waals surface area contributed by atoms with Crippen LogP contribution < -0.4 is 4.74 Å². The van der Waals surface area contributed by atoms with Crippen LogP contribution in [-0.2, 0) is 0 Å². The quantitative estimate of drug-likeness (QED) is 0.736. The summed E-state index contributed by atoms with van der Waals surface area (Å²) in [5.74, 6) is 1.39. The molecule has 0 aliphatic carbocycles. The molecule has 3 aromatic rings. The van der Waals surface area contributed by atoms with Gasteiger partial charge in [-0.15, -0.1) is 0 Å². The molecule has 1 unspecified atom stereocenters. The molecule has 24 heavy (non-hydrogen) atoms. The van der Waals surface area contributed by atoms with Crippen LogP contribution in [0.3, 0.4) is 0 Å². The first-order chi connectivity index (χ1) is 11.7. The summed E-state index contributed by atoms with van der Waals surface area (Å²) in [6, 6.07) is 19.4. The van der Waals surface area contributed by atoms with Crippen LogP contribution in [-0.4, -0.2) is 23.0 Å². The third-order valence-electron chi connectivity index (χ3n) is 3.42. The lowest BCUT2D eigenvalue weighted by Crippen LogP contribution is -2.13. The predicted molar refractivity (Wildman–Crippen MR) is 94.5 cm³/mol. The first-order valence-corrected chi connectivity index (χ1v) is 7.82. The van der Waals surface area contributed by atoms with Crippen molar-refractivity contribution in [1.82, 2.24) is 5.16 Å². The number of aliphatic hydroxyl groups is 1. The van der Waals surface area contributed by atoms with E-state index in [1.165, 1.54) is 0 Å². The SMILES string of the molecule is CC(O)COc1ccccc1C=Cc1cc(-c2ccccc2)no1. The van der Waals surface area contributed by atoms with E-state index >= 15 is 0 Å². The maximum Gasteiger partial charge on any atom is 0.160 e. The van der Waals surface area contributed by atoms with Gasteiger partial charge in [0.15, 0.2) is 5.76 Å². The molecule has 3 rings (SSSR count). The molecular formula is C20H19NO3.